The summed E-state index contributed by atoms with van der Waals surface area (Å²) in [5.41, 5.74) is 8.07. The third-order valence-electron chi connectivity index (χ3n) is 1.63. The molecule has 0 saturated heterocycles. The number of hydrogen-bond donors (Lipinski definition) is 2. The summed E-state index contributed by atoms with van der Waals surface area (Å²) in [6.07, 6.45) is -0.0649. The third kappa shape index (κ3) is 6.30. The van der Waals surface area contributed by atoms with Gasteiger partial charge in [0.1, 0.15) is 6.04 Å². The van der Waals surface area contributed by atoms with Crippen molar-refractivity contribution in [3.8, 4) is 0 Å². The van der Waals surface area contributed by atoms with Gasteiger partial charge in [0.15, 0.2) is 5.78 Å². The Balaban J connectivity index is 4.06. The Bertz CT molecular complexity index is 277. The maximum atomic E-state index is 10.9. The fourth-order valence-corrected chi connectivity index (χ4v) is 0.966. The van der Waals surface area contributed by atoms with Gasteiger partial charge < -0.3 is 21.1 Å². The average Bonchev–Trinajstić information content (AvgIpc) is 2.11. The molecule has 7 heteroatoms. The minimum Gasteiger partial charge on any atom is -0.712 e. The zero-order valence-electron chi connectivity index (χ0n) is 8.27. The second-order valence-electron chi connectivity index (χ2n) is 2.97. The Morgan fingerprint density at radius 2 is 2.07 bits per heavy atom. The molecule has 84 valence electrons. The number of Topliss-reactive ketones (excluding diaryl/α,β-unsaturated/α-hetero) is 1. The van der Waals surface area contributed by atoms with Crippen molar-refractivity contribution in [2.45, 2.75) is 25.8 Å². The maximum absolute atomic E-state index is 10.9. The molecule has 7 nitrogen and oxygen atoms in total. The molecule has 0 aromatic carbocycles. The van der Waals surface area contributed by atoms with Gasteiger partial charge >= 0.3 is 5.97 Å². The Kier molecular flexibility index (Phi) is 5.84. The first-order valence-corrected chi connectivity index (χ1v) is 4.29. The zero-order valence-corrected chi connectivity index (χ0v) is 8.27. The highest BCUT2D eigenvalue weighted by molar-refractivity contribution is 5.84. The molecule has 0 fully saturated rings. The molecule has 0 aliphatic carbocycles. The smallest absolute Gasteiger partial charge is 0.326 e. The molecule has 0 aromatic heterocycles. The van der Waals surface area contributed by atoms with Crippen LogP contribution in [0.1, 0.15) is 19.8 Å². The number of carboxylic acid groups (broad SMARTS) is 1. The fourth-order valence-electron chi connectivity index (χ4n) is 0.966. The molecule has 0 aromatic rings. The fraction of sp³-hybridized carbons (Fsp3) is 0.625. The highest BCUT2D eigenvalue weighted by Crippen LogP contribution is 1.99. The Morgan fingerprint density at radius 1 is 1.47 bits per heavy atom. The van der Waals surface area contributed by atoms with Crippen molar-refractivity contribution >= 4 is 17.7 Å². The van der Waals surface area contributed by atoms with Crippen molar-refractivity contribution in [2.75, 3.05) is 6.54 Å². The van der Waals surface area contributed by atoms with Crippen LogP contribution >= 0.6 is 0 Å². The molecule has 0 bridgehead atoms. The number of carbonyl (C=O) groups is 3. The largest absolute Gasteiger partial charge is 0.712 e. The predicted molar refractivity (Wildman–Crippen MR) is 50.1 cm³/mol. The number of amides is 1. The van der Waals surface area contributed by atoms with Gasteiger partial charge in [-0.05, 0) is 6.42 Å². The van der Waals surface area contributed by atoms with E-state index in [9.17, 15) is 14.4 Å². The quantitative estimate of drug-likeness (QED) is 0.577. The van der Waals surface area contributed by atoms with Crippen molar-refractivity contribution in [1.29, 1.82) is 0 Å². The number of rotatable bonds is 7. The van der Waals surface area contributed by atoms with Crippen LogP contribution in [0, 0.1) is 0 Å². The number of nitrogens with one attached hydrogen (secondary N) is 1. The van der Waals surface area contributed by atoms with Crippen LogP contribution in [0.25, 0.3) is 5.53 Å². The van der Waals surface area contributed by atoms with Crippen LogP contribution in [-0.4, -0.2) is 35.4 Å². The number of nitrogens with zero attached hydrogens (tertiary/aromatic N) is 2. The standard InChI is InChI=1S/C8H12N3O4/c1-5(12)11-7(8(14)15)3-2-6(13)4-10-9/h7H,2-4H2,1H3,(H,11,12)(H,14,15)/q-1. The molecular formula is C8H12N3O4-. The van der Waals surface area contributed by atoms with Gasteiger partial charge in [-0.15, -0.1) is 0 Å². The molecule has 0 saturated carbocycles. The second-order valence-corrected chi connectivity index (χ2v) is 2.97. The molecule has 1 amide bonds. The molecule has 0 spiro atoms. The summed E-state index contributed by atoms with van der Waals surface area (Å²) in [4.78, 5) is 32.1. The van der Waals surface area contributed by atoms with E-state index in [1.165, 1.54) is 6.92 Å². The number of ketones is 1. The van der Waals surface area contributed by atoms with Crippen LogP contribution in [0.15, 0.2) is 5.11 Å². The summed E-state index contributed by atoms with van der Waals surface area (Å²) < 4.78 is 0. The van der Waals surface area contributed by atoms with Gasteiger partial charge in [-0.2, -0.15) is 0 Å². The number of aliphatic carboxylic acids is 1. The van der Waals surface area contributed by atoms with E-state index in [4.69, 9.17) is 10.6 Å². The van der Waals surface area contributed by atoms with Crippen molar-refractivity contribution < 1.29 is 19.5 Å². The minimum atomic E-state index is -1.20. The van der Waals surface area contributed by atoms with E-state index in [1.54, 1.807) is 0 Å². The summed E-state index contributed by atoms with van der Waals surface area (Å²) in [5, 5.41) is 13.5. The van der Waals surface area contributed by atoms with Crippen LogP contribution in [0.5, 0.6) is 0 Å². The molecular weight excluding hydrogens is 202 g/mol. The molecule has 0 rings (SSSR count). The van der Waals surface area contributed by atoms with Crippen LogP contribution in [0.4, 0.5) is 0 Å². The van der Waals surface area contributed by atoms with Crippen LogP contribution in [0.2, 0.25) is 0 Å². The Morgan fingerprint density at radius 3 is 2.47 bits per heavy atom. The van der Waals surface area contributed by atoms with Gasteiger partial charge in [0.05, 0.1) is 6.54 Å². The first-order chi connectivity index (χ1) is 6.97. The summed E-state index contributed by atoms with van der Waals surface area (Å²) in [6.45, 7) is 0.841. The third-order valence-corrected chi connectivity index (χ3v) is 1.63. The van der Waals surface area contributed by atoms with Crippen molar-refractivity contribution in [2.24, 2.45) is 5.11 Å². The maximum Gasteiger partial charge on any atom is 0.326 e. The van der Waals surface area contributed by atoms with Gasteiger partial charge in [-0.25, -0.2) is 4.79 Å². The number of hydrogen-bond acceptors (Lipinski definition) is 4. The molecule has 1 unspecified atom stereocenters. The van der Waals surface area contributed by atoms with Crippen molar-refractivity contribution in [3.63, 3.8) is 0 Å². The van der Waals surface area contributed by atoms with Gasteiger partial charge in [0, 0.05) is 13.3 Å². The molecule has 0 aliphatic heterocycles. The monoisotopic (exact) mass is 214 g/mol. The second kappa shape index (κ2) is 6.63. The van der Waals surface area contributed by atoms with Gasteiger partial charge in [-0.1, -0.05) is 0 Å². The summed E-state index contributed by atoms with van der Waals surface area (Å²) in [5.74, 6) is -2.05. The van der Waals surface area contributed by atoms with Gasteiger partial charge in [0.25, 0.3) is 0 Å². The number of carbonyl (C=O) groups excluding carboxylic acids is 2. The molecule has 0 aliphatic rings. The van der Waals surface area contributed by atoms with E-state index in [0.717, 1.165) is 0 Å². The molecule has 0 heterocycles. The van der Waals surface area contributed by atoms with Gasteiger partial charge in [-0.3, -0.25) is 9.59 Å². The summed E-state index contributed by atoms with van der Waals surface area (Å²) in [7, 11) is 0. The topological polar surface area (TPSA) is 118 Å². The van der Waals surface area contributed by atoms with Crippen LogP contribution < -0.4 is 5.32 Å². The first kappa shape index (κ1) is 13.2. The lowest BCUT2D eigenvalue weighted by Crippen LogP contribution is -2.39. The van der Waals surface area contributed by atoms with Crippen molar-refractivity contribution in [3.05, 3.63) is 5.53 Å². The number of carboxylic acids is 1. The molecule has 2 N–H and O–H groups in total. The average molecular weight is 214 g/mol. The van der Waals surface area contributed by atoms with Crippen molar-refractivity contribution in [1.82, 2.24) is 5.32 Å². The van der Waals surface area contributed by atoms with Crippen LogP contribution in [-0.2, 0) is 14.4 Å². The highest BCUT2D eigenvalue weighted by atomic mass is 16.4. The Hall–Kier alpha value is -1.79. The molecule has 0 radical (unpaired) electrons. The summed E-state index contributed by atoms with van der Waals surface area (Å²) in [6, 6.07) is -1.08. The zero-order chi connectivity index (χ0) is 11.8. The Labute approximate surface area is 86.4 Å². The highest BCUT2D eigenvalue weighted by Gasteiger charge is 2.18. The first-order valence-electron chi connectivity index (χ1n) is 4.29. The minimum absolute atomic E-state index is 0.0106. The molecule has 15 heavy (non-hydrogen) atoms. The van der Waals surface area contributed by atoms with E-state index < -0.39 is 17.9 Å². The predicted octanol–water partition coefficient (Wildman–Crippen LogP) is -0.0534. The van der Waals surface area contributed by atoms with E-state index in [1.807, 2.05) is 0 Å². The lowest BCUT2D eigenvalue weighted by molar-refractivity contribution is -0.141. The van der Waals surface area contributed by atoms with E-state index >= 15 is 0 Å². The normalized spacial score (nSPS) is 11.5. The lowest BCUT2D eigenvalue weighted by atomic mass is 10.1. The lowest BCUT2D eigenvalue weighted by Gasteiger charge is -2.12. The SMILES string of the molecule is CC(=O)NC(CCC(=O)CN=[N-])C(=O)O. The van der Waals surface area contributed by atoms with Gasteiger partial charge in [0.2, 0.25) is 5.91 Å². The summed E-state index contributed by atoms with van der Waals surface area (Å²) >= 11 is 0. The van der Waals surface area contributed by atoms with Crippen LogP contribution in [0.3, 0.4) is 0 Å². The molecule has 1 atom stereocenters. The van der Waals surface area contributed by atoms with E-state index in [2.05, 4.69) is 10.4 Å². The van der Waals surface area contributed by atoms with E-state index in [0.29, 0.717) is 0 Å². The van der Waals surface area contributed by atoms with E-state index in [-0.39, 0.29) is 25.2 Å².